The Labute approximate surface area is 185 Å². The van der Waals surface area contributed by atoms with Crippen LogP contribution in [0.15, 0.2) is 42.5 Å². The first-order chi connectivity index (χ1) is 15.0. The number of hydrogen-bond donors (Lipinski definition) is 2. The quantitative estimate of drug-likeness (QED) is 0.674. The fraction of sp³-hybridized carbons (Fsp3) is 0.304. The van der Waals surface area contributed by atoms with Crippen LogP contribution in [0.2, 0.25) is 0 Å². The molecule has 2 aromatic rings. The standard InChI is InChI=1S/C23H25FN4O4/c1-14-6-5-7-15(2)20(14)25-18(29)12-27(4)19(30)13-28-21(31)23(3,26-22(28)32)16-8-10-17(24)11-9-16/h5-11H,12-13H2,1-4H3,(H,25,29)(H,26,32). The van der Waals surface area contributed by atoms with Gasteiger partial charge in [-0.15, -0.1) is 0 Å². The third-order valence-electron chi connectivity index (χ3n) is 5.54. The SMILES string of the molecule is Cc1cccc(C)c1NC(=O)CN(C)C(=O)CN1C(=O)NC(C)(c2ccc(F)cc2)C1=O. The minimum absolute atomic E-state index is 0.245. The number of rotatable bonds is 6. The third kappa shape index (κ3) is 4.46. The summed E-state index contributed by atoms with van der Waals surface area (Å²) in [4.78, 5) is 52.3. The van der Waals surface area contributed by atoms with Gasteiger partial charge in [0.15, 0.2) is 0 Å². The molecule has 0 aliphatic carbocycles. The predicted octanol–water partition coefficient (Wildman–Crippen LogP) is 2.31. The van der Waals surface area contributed by atoms with Gasteiger partial charge in [-0.3, -0.25) is 19.3 Å². The predicted molar refractivity (Wildman–Crippen MR) is 116 cm³/mol. The molecule has 0 spiro atoms. The molecule has 1 saturated heterocycles. The Hall–Kier alpha value is -3.75. The van der Waals surface area contributed by atoms with Crippen LogP contribution in [0.5, 0.6) is 0 Å². The maximum atomic E-state index is 13.2. The van der Waals surface area contributed by atoms with E-state index in [0.717, 1.165) is 20.9 Å². The summed E-state index contributed by atoms with van der Waals surface area (Å²) in [6, 6.07) is 10.1. The fourth-order valence-corrected chi connectivity index (χ4v) is 3.57. The van der Waals surface area contributed by atoms with Crippen molar-refractivity contribution in [1.82, 2.24) is 15.1 Å². The van der Waals surface area contributed by atoms with Gasteiger partial charge in [0.05, 0.1) is 6.54 Å². The highest BCUT2D eigenvalue weighted by atomic mass is 19.1. The van der Waals surface area contributed by atoms with Gasteiger partial charge in [-0.05, 0) is 49.6 Å². The Morgan fingerprint density at radius 2 is 1.69 bits per heavy atom. The highest BCUT2D eigenvalue weighted by Crippen LogP contribution is 2.29. The van der Waals surface area contributed by atoms with E-state index in [9.17, 15) is 23.6 Å². The molecule has 8 nitrogen and oxygen atoms in total. The van der Waals surface area contributed by atoms with Crippen molar-refractivity contribution < 1.29 is 23.6 Å². The van der Waals surface area contributed by atoms with E-state index in [-0.39, 0.29) is 6.54 Å². The van der Waals surface area contributed by atoms with Crippen molar-refractivity contribution in [1.29, 1.82) is 0 Å². The van der Waals surface area contributed by atoms with Crippen LogP contribution < -0.4 is 10.6 Å². The number of halogens is 1. The summed E-state index contributed by atoms with van der Waals surface area (Å²) >= 11 is 0. The third-order valence-corrected chi connectivity index (χ3v) is 5.54. The van der Waals surface area contributed by atoms with Crippen molar-refractivity contribution in [3.8, 4) is 0 Å². The second-order valence-electron chi connectivity index (χ2n) is 8.02. The van der Waals surface area contributed by atoms with Crippen LogP contribution in [-0.4, -0.2) is 53.7 Å². The van der Waals surface area contributed by atoms with E-state index in [0.29, 0.717) is 11.3 Å². The first kappa shape index (κ1) is 22.9. The fourth-order valence-electron chi connectivity index (χ4n) is 3.57. The Morgan fingerprint density at radius 3 is 2.28 bits per heavy atom. The van der Waals surface area contributed by atoms with Crippen LogP contribution >= 0.6 is 0 Å². The number of urea groups is 1. The second kappa shape index (κ2) is 8.78. The van der Waals surface area contributed by atoms with Gasteiger partial charge in [0, 0.05) is 12.7 Å². The average Bonchev–Trinajstić information content (AvgIpc) is 2.95. The number of nitrogens with one attached hydrogen (secondary N) is 2. The van der Waals surface area contributed by atoms with E-state index in [1.807, 2.05) is 32.0 Å². The lowest BCUT2D eigenvalue weighted by Gasteiger charge is -2.23. The molecular weight excluding hydrogens is 415 g/mol. The molecule has 2 N–H and O–H groups in total. The number of para-hydroxylation sites is 1. The van der Waals surface area contributed by atoms with Gasteiger partial charge in [0.1, 0.15) is 17.9 Å². The van der Waals surface area contributed by atoms with Crippen LogP contribution in [-0.2, 0) is 19.9 Å². The molecule has 1 fully saturated rings. The molecule has 9 heteroatoms. The zero-order valence-corrected chi connectivity index (χ0v) is 18.4. The summed E-state index contributed by atoms with van der Waals surface area (Å²) in [5, 5.41) is 5.35. The molecule has 5 amide bonds. The molecular formula is C23H25FN4O4. The Bertz CT molecular complexity index is 1070. The Balaban J connectivity index is 1.64. The topological polar surface area (TPSA) is 98.8 Å². The number of hydrogen-bond acceptors (Lipinski definition) is 4. The maximum Gasteiger partial charge on any atom is 0.325 e. The van der Waals surface area contributed by atoms with E-state index < -0.39 is 41.7 Å². The number of likely N-dealkylation sites (N-methyl/N-ethyl adjacent to an activating group) is 1. The van der Waals surface area contributed by atoms with Crippen LogP contribution in [0, 0.1) is 19.7 Å². The van der Waals surface area contributed by atoms with E-state index >= 15 is 0 Å². The Kier molecular flexibility index (Phi) is 6.29. The number of benzene rings is 2. The monoisotopic (exact) mass is 440 g/mol. The van der Waals surface area contributed by atoms with Crippen LogP contribution in [0.4, 0.5) is 14.9 Å². The number of anilines is 1. The van der Waals surface area contributed by atoms with Crippen molar-refractivity contribution in [2.45, 2.75) is 26.3 Å². The lowest BCUT2D eigenvalue weighted by Crippen LogP contribution is -2.45. The normalized spacial score (nSPS) is 17.8. The lowest BCUT2D eigenvalue weighted by molar-refractivity contribution is -0.139. The van der Waals surface area contributed by atoms with E-state index in [4.69, 9.17) is 0 Å². The van der Waals surface area contributed by atoms with Gasteiger partial charge in [-0.25, -0.2) is 9.18 Å². The van der Waals surface area contributed by atoms with Crippen molar-refractivity contribution in [2.24, 2.45) is 0 Å². The number of nitrogens with zero attached hydrogens (tertiary/aromatic N) is 2. The number of imide groups is 1. The molecule has 1 aliphatic heterocycles. The van der Waals surface area contributed by atoms with Crippen LogP contribution in [0.3, 0.4) is 0 Å². The van der Waals surface area contributed by atoms with Gasteiger partial charge in [-0.2, -0.15) is 0 Å². The smallest absolute Gasteiger partial charge is 0.325 e. The minimum atomic E-state index is -1.41. The molecule has 0 radical (unpaired) electrons. The first-order valence-corrected chi connectivity index (χ1v) is 10.0. The summed E-state index contributed by atoms with van der Waals surface area (Å²) < 4.78 is 13.2. The largest absolute Gasteiger partial charge is 0.335 e. The summed E-state index contributed by atoms with van der Waals surface area (Å²) in [7, 11) is 1.42. The lowest BCUT2D eigenvalue weighted by atomic mass is 9.92. The number of carbonyl (C=O) groups excluding carboxylic acids is 4. The van der Waals surface area contributed by atoms with Crippen molar-refractivity contribution in [3.63, 3.8) is 0 Å². The molecule has 1 aliphatic rings. The summed E-state index contributed by atoms with van der Waals surface area (Å²) in [5.74, 6) is -2.07. The summed E-state index contributed by atoms with van der Waals surface area (Å²) in [6.45, 7) is 4.47. The zero-order chi connectivity index (χ0) is 23.6. The summed E-state index contributed by atoms with van der Waals surface area (Å²) in [5.41, 5.74) is 1.46. The highest BCUT2D eigenvalue weighted by molar-refractivity contribution is 6.09. The van der Waals surface area contributed by atoms with Gasteiger partial charge in [0.25, 0.3) is 5.91 Å². The van der Waals surface area contributed by atoms with E-state index in [1.165, 1.54) is 38.2 Å². The number of amides is 5. The van der Waals surface area contributed by atoms with Gasteiger partial charge >= 0.3 is 6.03 Å². The minimum Gasteiger partial charge on any atom is -0.335 e. The van der Waals surface area contributed by atoms with Gasteiger partial charge < -0.3 is 15.5 Å². The van der Waals surface area contributed by atoms with Gasteiger partial charge in [0.2, 0.25) is 11.8 Å². The molecule has 2 aromatic carbocycles. The second-order valence-corrected chi connectivity index (χ2v) is 8.02. The molecule has 1 atom stereocenters. The molecule has 0 bridgehead atoms. The summed E-state index contributed by atoms with van der Waals surface area (Å²) in [6.07, 6.45) is 0. The van der Waals surface area contributed by atoms with E-state index in [2.05, 4.69) is 10.6 Å². The number of aryl methyl sites for hydroxylation is 2. The molecule has 3 rings (SSSR count). The first-order valence-electron chi connectivity index (χ1n) is 10.0. The highest BCUT2D eigenvalue weighted by Gasteiger charge is 2.49. The average molecular weight is 440 g/mol. The van der Waals surface area contributed by atoms with Crippen molar-refractivity contribution in [2.75, 3.05) is 25.5 Å². The molecule has 0 saturated carbocycles. The van der Waals surface area contributed by atoms with Crippen LogP contribution in [0.1, 0.15) is 23.6 Å². The van der Waals surface area contributed by atoms with Crippen molar-refractivity contribution >= 4 is 29.4 Å². The molecule has 0 aromatic heterocycles. The van der Waals surface area contributed by atoms with Crippen molar-refractivity contribution in [3.05, 3.63) is 65.0 Å². The zero-order valence-electron chi connectivity index (χ0n) is 18.4. The maximum absolute atomic E-state index is 13.2. The molecule has 1 heterocycles. The van der Waals surface area contributed by atoms with E-state index in [1.54, 1.807) is 0 Å². The van der Waals surface area contributed by atoms with Crippen LogP contribution in [0.25, 0.3) is 0 Å². The Morgan fingerprint density at radius 1 is 1.09 bits per heavy atom. The molecule has 1 unspecified atom stereocenters. The number of carbonyl (C=O) groups is 4. The molecule has 168 valence electrons. The van der Waals surface area contributed by atoms with Gasteiger partial charge in [-0.1, -0.05) is 30.3 Å². The molecule has 32 heavy (non-hydrogen) atoms.